The molecule has 0 N–H and O–H groups in total. The van der Waals surface area contributed by atoms with E-state index in [0.717, 1.165) is 0 Å². The first-order valence-electron chi connectivity index (χ1n) is 4.51. The lowest BCUT2D eigenvalue weighted by atomic mass is 10.1. The van der Waals surface area contributed by atoms with Crippen LogP contribution in [0.3, 0.4) is 0 Å². The third-order valence-electron chi connectivity index (χ3n) is 1.99. The van der Waals surface area contributed by atoms with Crippen LogP contribution >= 0.6 is 0 Å². The molecule has 0 amide bonds. The third-order valence-corrected chi connectivity index (χ3v) is 1.99. The fourth-order valence-corrected chi connectivity index (χ4v) is 0.956. The van der Waals surface area contributed by atoms with E-state index in [2.05, 4.69) is 12.5 Å². The zero-order valence-corrected chi connectivity index (χ0v) is 8.57. The number of esters is 1. The first-order valence-corrected chi connectivity index (χ1v) is 4.51. The molecule has 2 nitrogen and oxygen atoms in total. The summed E-state index contributed by atoms with van der Waals surface area (Å²) < 4.78 is 5.13. The van der Waals surface area contributed by atoms with Crippen LogP contribution in [-0.4, -0.2) is 11.6 Å². The van der Waals surface area contributed by atoms with Crippen LogP contribution in [0.5, 0.6) is 0 Å². The van der Waals surface area contributed by atoms with Crippen LogP contribution < -0.4 is 0 Å². The molecule has 0 bridgehead atoms. The summed E-state index contributed by atoms with van der Waals surface area (Å²) in [5, 5.41) is 0. The van der Waals surface area contributed by atoms with Crippen LogP contribution in [0.4, 0.5) is 0 Å². The molecule has 1 unspecified atom stereocenters. The van der Waals surface area contributed by atoms with E-state index in [1.165, 1.54) is 6.08 Å². The number of carbonyl (C=O) groups is 1. The molecule has 76 valence electrons. The van der Waals surface area contributed by atoms with Gasteiger partial charge in [0.15, 0.2) is 5.60 Å². The molecule has 0 saturated carbocycles. The standard InChI is InChI=1S/C13H12O2/c1-4-13(3,5-2)15-12(14)11-9-7-6-8-10-11/h1,5-10H,2H2,3H3. The van der Waals surface area contributed by atoms with E-state index in [9.17, 15) is 4.79 Å². The number of terminal acetylenes is 1. The predicted octanol–water partition coefficient (Wildman–Crippen LogP) is 2.42. The topological polar surface area (TPSA) is 26.3 Å². The molecule has 0 aliphatic carbocycles. The molecule has 1 aromatic rings. The van der Waals surface area contributed by atoms with Gasteiger partial charge in [0, 0.05) is 0 Å². The van der Waals surface area contributed by atoms with Crippen LogP contribution in [0.2, 0.25) is 0 Å². The number of ether oxygens (including phenoxy) is 1. The van der Waals surface area contributed by atoms with Crippen molar-refractivity contribution in [2.45, 2.75) is 12.5 Å². The SMILES string of the molecule is C#CC(C)(C=C)OC(=O)c1ccccc1. The summed E-state index contributed by atoms with van der Waals surface area (Å²) in [5.74, 6) is 1.92. The van der Waals surface area contributed by atoms with Crippen LogP contribution in [0.15, 0.2) is 43.0 Å². The predicted molar refractivity (Wildman–Crippen MR) is 59.3 cm³/mol. The lowest BCUT2D eigenvalue weighted by Crippen LogP contribution is -2.27. The Morgan fingerprint density at radius 2 is 2.13 bits per heavy atom. The van der Waals surface area contributed by atoms with Crippen LogP contribution in [0.25, 0.3) is 0 Å². The first-order chi connectivity index (χ1) is 7.11. The van der Waals surface area contributed by atoms with Gasteiger partial charge in [-0.05, 0) is 25.1 Å². The second-order valence-corrected chi connectivity index (χ2v) is 3.21. The lowest BCUT2D eigenvalue weighted by Gasteiger charge is -2.19. The summed E-state index contributed by atoms with van der Waals surface area (Å²) in [6, 6.07) is 8.69. The van der Waals surface area contributed by atoms with Crippen molar-refractivity contribution in [3.63, 3.8) is 0 Å². The maximum atomic E-state index is 11.6. The molecule has 0 aliphatic heterocycles. The van der Waals surface area contributed by atoms with Gasteiger partial charge in [0.1, 0.15) is 0 Å². The zero-order valence-electron chi connectivity index (χ0n) is 8.57. The van der Waals surface area contributed by atoms with E-state index >= 15 is 0 Å². The lowest BCUT2D eigenvalue weighted by molar-refractivity contribution is 0.0284. The van der Waals surface area contributed by atoms with Gasteiger partial charge in [0.25, 0.3) is 0 Å². The van der Waals surface area contributed by atoms with Gasteiger partial charge in [0.2, 0.25) is 0 Å². The van der Waals surface area contributed by atoms with Gasteiger partial charge in [-0.15, -0.1) is 6.42 Å². The summed E-state index contributed by atoms with van der Waals surface area (Å²) in [5.41, 5.74) is -0.576. The molecule has 0 aromatic heterocycles. The molecule has 0 heterocycles. The summed E-state index contributed by atoms with van der Waals surface area (Å²) >= 11 is 0. The first kappa shape index (κ1) is 11.1. The van der Waals surface area contributed by atoms with E-state index < -0.39 is 11.6 Å². The number of hydrogen-bond acceptors (Lipinski definition) is 2. The Kier molecular flexibility index (Phi) is 3.30. The Bertz CT molecular complexity index is 400. The molecule has 1 aromatic carbocycles. The molecule has 2 heteroatoms. The highest BCUT2D eigenvalue weighted by Crippen LogP contribution is 2.13. The number of benzene rings is 1. The van der Waals surface area contributed by atoms with E-state index in [1.54, 1.807) is 31.2 Å². The Morgan fingerprint density at radius 1 is 1.53 bits per heavy atom. The molecule has 0 aliphatic rings. The average molecular weight is 200 g/mol. The Labute approximate surface area is 89.6 Å². The summed E-state index contributed by atoms with van der Waals surface area (Å²) in [6.07, 6.45) is 6.67. The Hall–Kier alpha value is -2.01. The van der Waals surface area contributed by atoms with Gasteiger partial charge < -0.3 is 4.74 Å². The van der Waals surface area contributed by atoms with Gasteiger partial charge in [-0.1, -0.05) is 30.7 Å². The van der Waals surface area contributed by atoms with Crippen LogP contribution in [-0.2, 0) is 4.74 Å². The van der Waals surface area contributed by atoms with Gasteiger partial charge in [-0.3, -0.25) is 0 Å². The van der Waals surface area contributed by atoms with E-state index in [4.69, 9.17) is 11.2 Å². The Balaban J connectivity index is 2.82. The molecule has 1 atom stereocenters. The van der Waals surface area contributed by atoms with Crippen molar-refractivity contribution in [1.29, 1.82) is 0 Å². The highest BCUT2D eigenvalue weighted by molar-refractivity contribution is 5.89. The van der Waals surface area contributed by atoms with Crippen molar-refractivity contribution < 1.29 is 9.53 Å². The third kappa shape index (κ3) is 2.72. The minimum absolute atomic E-state index is 0.448. The minimum Gasteiger partial charge on any atom is -0.439 e. The van der Waals surface area contributed by atoms with E-state index in [0.29, 0.717) is 5.56 Å². The van der Waals surface area contributed by atoms with Crippen LogP contribution in [0.1, 0.15) is 17.3 Å². The fourth-order valence-electron chi connectivity index (χ4n) is 0.956. The van der Waals surface area contributed by atoms with E-state index in [-0.39, 0.29) is 0 Å². The average Bonchev–Trinajstić information content (AvgIpc) is 2.30. The zero-order chi connectivity index (χ0) is 11.3. The van der Waals surface area contributed by atoms with Crippen molar-refractivity contribution in [1.82, 2.24) is 0 Å². The second kappa shape index (κ2) is 4.47. The number of rotatable bonds is 3. The summed E-state index contributed by atoms with van der Waals surface area (Å²) in [7, 11) is 0. The van der Waals surface area contributed by atoms with Gasteiger partial charge in [-0.2, -0.15) is 0 Å². The number of hydrogen-bond donors (Lipinski definition) is 0. The molecular formula is C13H12O2. The summed E-state index contributed by atoms with van der Waals surface area (Å²) in [4.78, 5) is 11.6. The van der Waals surface area contributed by atoms with Crippen LogP contribution in [0, 0.1) is 12.3 Å². The second-order valence-electron chi connectivity index (χ2n) is 3.21. The van der Waals surface area contributed by atoms with Gasteiger partial charge in [0.05, 0.1) is 5.56 Å². The molecule has 0 fully saturated rings. The van der Waals surface area contributed by atoms with Gasteiger partial charge in [-0.25, -0.2) is 4.79 Å². The normalized spacial score (nSPS) is 13.3. The highest BCUT2D eigenvalue weighted by Gasteiger charge is 2.22. The molecule has 15 heavy (non-hydrogen) atoms. The van der Waals surface area contributed by atoms with Gasteiger partial charge >= 0.3 is 5.97 Å². The highest BCUT2D eigenvalue weighted by atomic mass is 16.6. The maximum absolute atomic E-state index is 11.6. The quantitative estimate of drug-likeness (QED) is 0.425. The largest absolute Gasteiger partial charge is 0.439 e. The Morgan fingerprint density at radius 3 is 2.60 bits per heavy atom. The van der Waals surface area contributed by atoms with Crippen molar-refractivity contribution in [3.8, 4) is 12.3 Å². The fraction of sp³-hybridized carbons (Fsp3) is 0.154. The monoisotopic (exact) mass is 200 g/mol. The number of carbonyl (C=O) groups excluding carboxylic acids is 1. The van der Waals surface area contributed by atoms with Crippen molar-refractivity contribution in [2.75, 3.05) is 0 Å². The maximum Gasteiger partial charge on any atom is 0.339 e. The molecule has 0 spiro atoms. The van der Waals surface area contributed by atoms with Crippen molar-refractivity contribution >= 4 is 5.97 Å². The molecule has 1 rings (SSSR count). The summed E-state index contributed by atoms with van der Waals surface area (Å²) in [6.45, 7) is 5.14. The van der Waals surface area contributed by atoms with Crippen molar-refractivity contribution in [2.24, 2.45) is 0 Å². The molecule has 0 saturated heterocycles. The van der Waals surface area contributed by atoms with Crippen molar-refractivity contribution in [3.05, 3.63) is 48.6 Å². The minimum atomic E-state index is -1.05. The molecular weight excluding hydrogens is 188 g/mol. The molecule has 0 radical (unpaired) electrons. The smallest absolute Gasteiger partial charge is 0.339 e. The van der Waals surface area contributed by atoms with E-state index in [1.807, 2.05) is 6.07 Å².